The fraction of sp³-hybridized carbons (Fsp3) is 0.577. The molecule has 3 amide bonds. The van der Waals surface area contributed by atoms with E-state index in [-0.39, 0.29) is 30.0 Å². The standard InChI is InChI=1S/C26H31N3O3S/c1-32-20-8-10-25(11-9-20)15-19-7-6-18(5-4-17-2-3-17)14-21(19)26(25)23(30)29(24(31)28-26)16-22-27-12-13-33-22/h6-7,12-14,17,20H,2-5,8-11,15-16H2,1H3,(H,28,31). The van der Waals surface area contributed by atoms with E-state index in [0.29, 0.717) is 0 Å². The Bertz CT molecular complexity index is 1070. The maximum atomic E-state index is 14.2. The minimum absolute atomic E-state index is 0.100. The number of fused-ring (bicyclic) bond motifs is 3. The SMILES string of the molecule is COC1CCC2(CC1)Cc1ccc(CCC3CC3)cc1C21NC(=O)N(Cc2nccs2)C1=O. The molecule has 1 unspecified atom stereocenters. The average molecular weight is 466 g/mol. The molecule has 1 aromatic carbocycles. The first-order valence-electron chi connectivity index (χ1n) is 12.2. The third-order valence-electron chi connectivity index (χ3n) is 8.55. The lowest BCUT2D eigenvalue weighted by atomic mass is 9.61. The summed E-state index contributed by atoms with van der Waals surface area (Å²) < 4.78 is 5.65. The highest BCUT2D eigenvalue weighted by Gasteiger charge is 2.68. The molecular formula is C26H31N3O3S. The van der Waals surface area contributed by atoms with Crippen LogP contribution in [0.2, 0.25) is 0 Å². The van der Waals surface area contributed by atoms with Crippen molar-refractivity contribution in [1.29, 1.82) is 0 Å². The first-order valence-corrected chi connectivity index (χ1v) is 13.1. The van der Waals surface area contributed by atoms with E-state index in [0.717, 1.165) is 55.0 Å². The maximum absolute atomic E-state index is 14.2. The molecule has 1 aliphatic heterocycles. The Kier molecular flexibility index (Phi) is 5.11. The van der Waals surface area contributed by atoms with Gasteiger partial charge in [0, 0.05) is 24.1 Å². The Morgan fingerprint density at radius 2 is 2.03 bits per heavy atom. The molecule has 4 aliphatic rings. The van der Waals surface area contributed by atoms with Crippen LogP contribution in [0.3, 0.4) is 0 Å². The third-order valence-corrected chi connectivity index (χ3v) is 9.31. The van der Waals surface area contributed by atoms with E-state index in [9.17, 15) is 9.59 Å². The number of ether oxygens (including phenoxy) is 1. The summed E-state index contributed by atoms with van der Waals surface area (Å²) in [4.78, 5) is 33.2. The van der Waals surface area contributed by atoms with Gasteiger partial charge in [0.05, 0.1) is 12.6 Å². The van der Waals surface area contributed by atoms with Crippen LogP contribution in [0.15, 0.2) is 29.8 Å². The van der Waals surface area contributed by atoms with Crippen molar-refractivity contribution in [2.45, 2.75) is 76.0 Å². The van der Waals surface area contributed by atoms with Crippen molar-refractivity contribution in [3.05, 3.63) is 51.5 Å². The van der Waals surface area contributed by atoms with Gasteiger partial charge in [0.1, 0.15) is 5.01 Å². The number of benzene rings is 1. The van der Waals surface area contributed by atoms with Crippen LogP contribution in [0.1, 0.15) is 66.6 Å². The molecule has 1 N–H and O–H groups in total. The lowest BCUT2D eigenvalue weighted by Gasteiger charge is -2.46. The number of carbonyl (C=O) groups is 2. The zero-order valence-electron chi connectivity index (χ0n) is 19.1. The van der Waals surface area contributed by atoms with Gasteiger partial charge in [-0.3, -0.25) is 9.69 Å². The highest BCUT2D eigenvalue weighted by Crippen LogP contribution is 2.60. The van der Waals surface area contributed by atoms with E-state index in [1.165, 1.54) is 46.6 Å². The van der Waals surface area contributed by atoms with Crippen molar-refractivity contribution in [3.63, 3.8) is 0 Å². The summed E-state index contributed by atoms with van der Waals surface area (Å²) in [6, 6.07) is 6.41. The molecule has 6 rings (SSSR count). The second-order valence-corrected chi connectivity index (χ2v) is 11.3. The topological polar surface area (TPSA) is 71.5 Å². The summed E-state index contributed by atoms with van der Waals surface area (Å²) in [5.74, 6) is 0.765. The largest absolute Gasteiger partial charge is 0.381 e. The van der Waals surface area contributed by atoms with Crippen molar-refractivity contribution >= 4 is 23.3 Å². The molecule has 174 valence electrons. The number of aryl methyl sites for hydroxylation is 1. The molecule has 2 aromatic rings. The predicted molar refractivity (Wildman–Crippen MR) is 126 cm³/mol. The maximum Gasteiger partial charge on any atom is 0.325 e. The number of hydrogen-bond acceptors (Lipinski definition) is 5. The van der Waals surface area contributed by atoms with E-state index in [1.54, 1.807) is 13.3 Å². The number of imide groups is 1. The molecule has 1 saturated heterocycles. The zero-order valence-corrected chi connectivity index (χ0v) is 20.0. The Morgan fingerprint density at radius 1 is 1.21 bits per heavy atom. The number of rotatable bonds is 6. The lowest BCUT2D eigenvalue weighted by Crippen LogP contribution is -2.56. The van der Waals surface area contributed by atoms with Gasteiger partial charge in [0.2, 0.25) is 0 Å². The number of amides is 3. The van der Waals surface area contributed by atoms with Crippen LogP contribution in [0.25, 0.3) is 0 Å². The number of thiazole rings is 1. The van der Waals surface area contributed by atoms with Gasteiger partial charge >= 0.3 is 6.03 Å². The zero-order chi connectivity index (χ0) is 22.6. The van der Waals surface area contributed by atoms with Crippen molar-refractivity contribution in [3.8, 4) is 0 Å². The number of nitrogens with zero attached hydrogens (tertiary/aromatic N) is 2. The van der Waals surface area contributed by atoms with Crippen molar-refractivity contribution in [1.82, 2.24) is 15.2 Å². The van der Waals surface area contributed by atoms with Gasteiger partial charge < -0.3 is 10.1 Å². The Labute approximate surface area is 198 Å². The van der Waals surface area contributed by atoms with Crippen LogP contribution in [0.4, 0.5) is 4.79 Å². The number of methoxy groups -OCH3 is 1. The van der Waals surface area contributed by atoms with E-state index in [2.05, 4.69) is 28.5 Å². The quantitative estimate of drug-likeness (QED) is 0.635. The molecule has 1 aromatic heterocycles. The Balaban J connectivity index is 1.40. The molecule has 2 saturated carbocycles. The Morgan fingerprint density at radius 3 is 2.73 bits per heavy atom. The first-order chi connectivity index (χ1) is 16.0. The fourth-order valence-electron chi connectivity index (χ4n) is 6.50. The second-order valence-electron chi connectivity index (χ2n) is 10.4. The van der Waals surface area contributed by atoms with Crippen LogP contribution < -0.4 is 5.32 Å². The lowest BCUT2D eigenvalue weighted by molar-refractivity contribution is -0.139. The van der Waals surface area contributed by atoms with Gasteiger partial charge in [-0.1, -0.05) is 31.0 Å². The van der Waals surface area contributed by atoms with Crippen molar-refractivity contribution < 1.29 is 14.3 Å². The monoisotopic (exact) mass is 465 g/mol. The van der Waals surface area contributed by atoms with Gasteiger partial charge in [-0.2, -0.15) is 0 Å². The number of urea groups is 1. The van der Waals surface area contributed by atoms with Crippen LogP contribution in [-0.2, 0) is 34.5 Å². The molecule has 3 aliphatic carbocycles. The molecule has 7 heteroatoms. The van der Waals surface area contributed by atoms with E-state index in [1.807, 2.05) is 5.38 Å². The second kappa shape index (κ2) is 7.91. The molecule has 1 atom stereocenters. The summed E-state index contributed by atoms with van der Waals surface area (Å²) in [5, 5.41) is 5.93. The van der Waals surface area contributed by atoms with Gasteiger partial charge in [-0.15, -0.1) is 11.3 Å². The minimum Gasteiger partial charge on any atom is -0.381 e. The van der Waals surface area contributed by atoms with E-state index < -0.39 is 5.54 Å². The molecule has 0 bridgehead atoms. The van der Waals surface area contributed by atoms with Gasteiger partial charge in [-0.05, 0) is 67.6 Å². The molecule has 33 heavy (non-hydrogen) atoms. The van der Waals surface area contributed by atoms with Gasteiger partial charge in [-0.25, -0.2) is 9.78 Å². The van der Waals surface area contributed by atoms with Crippen LogP contribution in [0, 0.1) is 11.3 Å². The number of nitrogens with one attached hydrogen (secondary N) is 1. The van der Waals surface area contributed by atoms with E-state index >= 15 is 0 Å². The summed E-state index contributed by atoms with van der Waals surface area (Å²) in [6.45, 7) is 0.234. The van der Waals surface area contributed by atoms with E-state index in [4.69, 9.17) is 4.74 Å². The Hall–Kier alpha value is -2.25. The van der Waals surface area contributed by atoms with Crippen molar-refractivity contribution in [2.24, 2.45) is 11.3 Å². The smallest absolute Gasteiger partial charge is 0.325 e. The number of aromatic nitrogens is 1. The summed E-state index contributed by atoms with van der Waals surface area (Å²) in [6.07, 6.45) is 11.3. The molecule has 3 fully saturated rings. The highest BCUT2D eigenvalue weighted by atomic mass is 32.1. The molecule has 2 spiro atoms. The summed E-state index contributed by atoms with van der Waals surface area (Å²) >= 11 is 1.48. The molecule has 0 radical (unpaired) electrons. The van der Waals surface area contributed by atoms with Crippen LogP contribution in [-0.4, -0.2) is 35.0 Å². The van der Waals surface area contributed by atoms with Crippen LogP contribution >= 0.6 is 11.3 Å². The molecule has 6 nitrogen and oxygen atoms in total. The highest BCUT2D eigenvalue weighted by molar-refractivity contribution is 7.09. The predicted octanol–water partition coefficient (Wildman–Crippen LogP) is 4.56. The molecular weight excluding hydrogens is 434 g/mol. The number of hydrogen-bond donors (Lipinski definition) is 1. The third kappa shape index (κ3) is 3.35. The number of carbonyl (C=O) groups excluding carboxylic acids is 2. The summed E-state index contributed by atoms with van der Waals surface area (Å²) in [7, 11) is 1.77. The fourth-order valence-corrected chi connectivity index (χ4v) is 7.11. The minimum atomic E-state index is -0.981. The van der Waals surface area contributed by atoms with Gasteiger partial charge in [0.25, 0.3) is 5.91 Å². The average Bonchev–Trinajstić information content (AvgIpc) is 3.36. The summed E-state index contributed by atoms with van der Waals surface area (Å²) in [5.41, 5.74) is 2.25. The first kappa shape index (κ1) is 21.3. The van der Waals surface area contributed by atoms with Gasteiger partial charge in [0.15, 0.2) is 5.54 Å². The van der Waals surface area contributed by atoms with Crippen molar-refractivity contribution in [2.75, 3.05) is 7.11 Å². The molecule has 2 heterocycles. The van der Waals surface area contributed by atoms with Crippen LogP contribution in [0.5, 0.6) is 0 Å². The normalized spacial score (nSPS) is 30.9.